The van der Waals surface area contributed by atoms with Crippen LogP contribution in [0.25, 0.3) is 0 Å². The van der Waals surface area contributed by atoms with E-state index in [4.69, 9.17) is 10.2 Å². The van der Waals surface area contributed by atoms with Gasteiger partial charge < -0.3 is 10.2 Å². The van der Waals surface area contributed by atoms with E-state index >= 15 is 0 Å². The van der Waals surface area contributed by atoms with E-state index in [1.54, 1.807) is 13.0 Å². The molecular weight excluding hydrogens is 238 g/mol. The van der Waals surface area contributed by atoms with Crippen LogP contribution in [0.1, 0.15) is 25.1 Å². The standard InChI is InChI=1S/C10H13N5OS/c1-3-4-8-12-7(11)5-9(13-8)17-10-15-14-6(2)16-10/h5H,3-4H2,1-2H3,(H2,11,12,13). The first-order valence-corrected chi connectivity index (χ1v) is 6.10. The maximum atomic E-state index is 5.72. The molecule has 0 bridgehead atoms. The van der Waals surface area contributed by atoms with Gasteiger partial charge in [-0.15, -0.1) is 10.2 Å². The molecule has 0 fully saturated rings. The first-order valence-electron chi connectivity index (χ1n) is 5.28. The average molecular weight is 251 g/mol. The SMILES string of the molecule is CCCc1nc(N)cc(Sc2nnc(C)o2)n1. The number of hydrogen-bond acceptors (Lipinski definition) is 7. The Balaban J connectivity index is 2.20. The van der Waals surface area contributed by atoms with E-state index in [0.717, 1.165) is 23.7 Å². The first kappa shape index (κ1) is 11.8. The highest BCUT2D eigenvalue weighted by Gasteiger charge is 2.08. The fourth-order valence-electron chi connectivity index (χ4n) is 1.29. The lowest BCUT2D eigenvalue weighted by atomic mass is 10.3. The quantitative estimate of drug-likeness (QED) is 0.829. The smallest absolute Gasteiger partial charge is 0.282 e. The zero-order valence-electron chi connectivity index (χ0n) is 9.67. The van der Waals surface area contributed by atoms with E-state index in [1.807, 2.05) is 0 Å². The Kier molecular flexibility index (Phi) is 3.58. The van der Waals surface area contributed by atoms with Gasteiger partial charge in [0.05, 0.1) is 0 Å². The molecule has 2 rings (SSSR count). The normalized spacial score (nSPS) is 10.7. The zero-order valence-corrected chi connectivity index (χ0v) is 10.5. The molecule has 0 aliphatic heterocycles. The molecule has 2 aromatic heterocycles. The molecule has 2 aromatic rings. The Bertz CT molecular complexity index is 513. The molecule has 0 radical (unpaired) electrons. The van der Waals surface area contributed by atoms with Crippen LogP contribution in [0.3, 0.4) is 0 Å². The number of hydrogen-bond donors (Lipinski definition) is 1. The predicted octanol–water partition coefficient (Wildman–Crippen LogP) is 1.85. The molecule has 7 heteroatoms. The molecule has 0 spiro atoms. The molecule has 0 aromatic carbocycles. The van der Waals surface area contributed by atoms with Crippen LogP contribution in [0.2, 0.25) is 0 Å². The van der Waals surface area contributed by atoms with Gasteiger partial charge in [0.15, 0.2) is 0 Å². The van der Waals surface area contributed by atoms with Gasteiger partial charge in [0.25, 0.3) is 5.22 Å². The monoisotopic (exact) mass is 251 g/mol. The second-order valence-electron chi connectivity index (χ2n) is 3.49. The van der Waals surface area contributed by atoms with Crippen molar-refractivity contribution < 1.29 is 4.42 Å². The maximum Gasteiger partial charge on any atom is 0.282 e. The topological polar surface area (TPSA) is 90.7 Å². The van der Waals surface area contributed by atoms with E-state index in [0.29, 0.717) is 16.9 Å². The van der Waals surface area contributed by atoms with Gasteiger partial charge in [0, 0.05) is 19.4 Å². The van der Waals surface area contributed by atoms with Crippen LogP contribution in [0.4, 0.5) is 5.82 Å². The lowest BCUT2D eigenvalue weighted by Crippen LogP contribution is -2.00. The van der Waals surface area contributed by atoms with Gasteiger partial charge in [-0.05, 0) is 18.2 Å². The Hall–Kier alpha value is -1.63. The zero-order chi connectivity index (χ0) is 12.3. The minimum Gasteiger partial charge on any atom is -0.416 e. The summed E-state index contributed by atoms with van der Waals surface area (Å²) in [6, 6.07) is 1.70. The van der Waals surface area contributed by atoms with Crippen LogP contribution in [-0.4, -0.2) is 20.2 Å². The van der Waals surface area contributed by atoms with Crippen molar-refractivity contribution in [2.75, 3.05) is 5.73 Å². The Labute approximate surface area is 103 Å². The molecule has 0 saturated carbocycles. The number of nitrogens with two attached hydrogens (primary N) is 1. The lowest BCUT2D eigenvalue weighted by Gasteiger charge is -2.02. The highest BCUT2D eigenvalue weighted by molar-refractivity contribution is 7.99. The van der Waals surface area contributed by atoms with Crippen LogP contribution in [-0.2, 0) is 6.42 Å². The lowest BCUT2D eigenvalue weighted by molar-refractivity contribution is 0.429. The maximum absolute atomic E-state index is 5.72. The number of aryl methyl sites for hydroxylation is 2. The highest BCUT2D eigenvalue weighted by Crippen LogP contribution is 2.25. The van der Waals surface area contributed by atoms with Gasteiger partial charge in [0.1, 0.15) is 16.7 Å². The summed E-state index contributed by atoms with van der Waals surface area (Å²) < 4.78 is 5.27. The second-order valence-corrected chi connectivity index (χ2v) is 4.46. The molecule has 0 unspecified atom stereocenters. The molecule has 0 amide bonds. The van der Waals surface area contributed by atoms with Crippen molar-refractivity contribution in [1.82, 2.24) is 20.2 Å². The molecule has 17 heavy (non-hydrogen) atoms. The summed E-state index contributed by atoms with van der Waals surface area (Å²) in [6.45, 7) is 3.81. The minimum atomic E-state index is 0.460. The van der Waals surface area contributed by atoms with Crippen LogP contribution in [0.5, 0.6) is 0 Å². The number of nitrogen functional groups attached to an aromatic ring is 1. The fourth-order valence-corrected chi connectivity index (χ4v) is 2.04. The number of anilines is 1. The number of aromatic nitrogens is 4. The summed E-state index contributed by atoms with van der Waals surface area (Å²) in [6.07, 6.45) is 1.79. The Morgan fingerprint density at radius 1 is 1.35 bits per heavy atom. The molecule has 90 valence electrons. The van der Waals surface area contributed by atoms with Crippen molar-refractivity contribution in [3.63, 3.8) is 0 Å². The fraction of sp³-hybridized carbons (Fsp3) is 0.400. The first-order chi connectivity index (χ1) is 8.17. The van der Waals surface area contributed by atoms with Gasteiger partial charge in [0.2, 0.25) is 5.89 Å². The van der Waals surface area contributed by atoms with E-state index < -0.39 is 0 Å². The van der Waals surface area contributed by atoms with Crippen LogP contribution in [0.15, 0.2) is 20.7 Å². The van der Waals surface area contributed by atoms with Crippen molar-refractivity contribution in [2.45, 2.75) is 36.9 Å². The van der Waals surface area contributed by atoms with Crippen LogP contribution < -0.4 is 5.73 Å². The van der Waals surface area contributed by atoms with Gasteiger partial charge in [-0.3, -0.25) is 0 Å². The van der Waals surface area contributed by atoms with Crippen molar-refractivity contribution >= 4 is 17.6 Å². The molecule has 0 saturated heterocycles. The summed E-state index contributed by atoms with van der Waals surface area (Å²) in [5, 5.41) is 8.83. The third-order valence-electron chi connectivity index (χ3n) is 1.94. The Morgan fingerprint density at radius 3 is 2.82 bits per heavy atom. The van der Waals surface area contributed by atoms with Gasteiger partial charge >= 0.3 is 0 Å². The van der Waals surface area contributed by atoms with Gasteiger partial charge in [-0.1, -0.05) is 6.92 Å². The van der Waals surface area contributed by atoms with Gasteiger partial charge in [-0.25, -0.2) is 9.97 Å². The molecule has 2 N–H and O–H groups in total. The molecule has 0 aliphatic rings. The number of rotatable bonds is 4. The number of nitrogens with zero attached hydrogens (tertiary/aromatic N) is 4. The summed E-state index contributed by atoms with van der Waals surface area (Å²) in [7, 11) is 0. The molecule has 0 atom stereocenters. The summed E-state index contributed by atoms with van der Waals surface area (Å²) >= 11 is 1.29. The third-order valence-corrected chi connectivity index (χ3v) is 2.70. The summed E-state index contributed by atoms with van der Waals surface area (Å²) in [5.74, 6) is 1.73. The van der Waals surface area contributed by atoms with Crippen LogP contribution >= 0.6 is 11.8 Å². The average Bonchev–Trinajstić information content (AvgIpc) is 2.63. The van der Waals surface area contributed by atoms with E-state index in [1.165, 1.54) is 11.8 Å². The van der Waals surface area contributed by atoms with E-state index in [-0.39, 0.29) is 0 Å². The van der Waals surface area contributed by atoms with Crippen molar-refractivity contribution in [1.29, 1.82) is 0 Å². The summed E-state index contributed by atoms with van der Waals surface area (Å²) in [4.78, 5) is 8.53. The summed E-state index contributed by atoms with van der Waals surface area (Å²) in [5.41, 5.74) is 5.72. The van der Waals surface area contributed by atoms with E-state index in [9.17, 15) is 0 Å². The van der Waals surface area contributed by atoms with Crippen molar-refractivity contribution in [2.24, 2.45) is 0 Å². The predicted molar refractivity (Wildman–Crippen MR) is 63.6 cm³/mol. The molecule has 0 aliphatic carbocycles. The largest absolute Gasteiger partial charge is 0.416 e. The molecule has 2 heterocycles. The molecule has 6 nitrogen and oxygen atoms in total. The van der Waals surface area contributed by atoms with Crippen LogP contribution in [0, 0.1) is 6.92 Å². The minimum absolute atomic E-state index is 0.460. The Morgan fingerprint density at radius 2 is 2.18 bits per heavy atom. The van der Waals surface area contributed by atoms with E-state index in [2.05, 4.69) is 27.1 Å². The van der Waals surface area contributed by atoms with Crippen molar-refractivity contribution in [3.05, 3.63) is 17.8 Å². The molecular formula is C10H13N5OS. The van der Waals surface area contributed by atoms with Crippen molar-refractivity contribution in [3.8, 4) is 0 Å². The second kappa shape index (κ2) is 5.13. The highest BCUT2D eigenvalue weighted by atomic mass is 32.2. The third kappa shape index (κ3) is 3.16. The van der Waals surface area contributed by atoms with Gasteiger partial charge in [-0.2, -0.15) is 0 Å².